The van der Waals surface area contributed by atoms with Gasteiger partial charge in [-0.1, -0.05) is 74.6 Å². The highest BCUT2D eigenvalue weighted by atomic mass is 32.2. The fourth-order valence-corrected chi connectivity index (χ4v) is 12.7. The van der Waals surface area contributed by atoms with Crippen molar-refractivity contribution in [1.82, 2.24) is 0 Å². The van der Waals surface area contributed by atoms with Crippen LogP contribution < -0.4 is 0 Å². The van der Waals surface area contributed by atoms with E-state index in [1.54, 1.807) is 0 Å². The number of hydrogen-bond acceptors (Lipinski definition) is 4. The third-order valence-electron chi connectivity index (χ3n) is 4.64. The number of benzene rings is 1. The zero-order valence-electron chi connectivity index (χ0n) is 16.6. The molecule has 6 heteroatoms. The normalized spacial score (nSPS) is 15.6. The minimum Gasteiger partial charge on any atom is -0.458 e. The van der Waals surface area contributed by atoms with Gasteiger partial charge in [-0.15, -0.1) is 11.8 Å². The second kappa shape index (κ2) is 12.0. The molecule has 3 unspecified atom stereocenters. The highest BCUT2D eigenvalue weighted by Gasteiger charge is 2.26. The maximum atomic E-state index is 6.55. The predicted octanol–water partition coefficient (Wildman–Crippen LogP) is 7.26. The summed E-state index contributed by atoms with van der Waals surface area (Å²) in [5, 5.41) is 0.428. The summed E-state index contributed by atoms with van der Waals surface area (Å²) in [4.78, 5) is 0. The van der Waals surface area contributed by atoms with E-state index in [1.165, 1.54) is 24.4 Å². The Bertz CT molecular complexity index is 511. The highest BCUT2D eigenvalue weighted by molar-refractivity contribution is 8.47. The molecule has 0 fully saturated rings. The van der Waals surface area contributed by atoms with Crippen molar-refractivity contribution in [3.05, 3.63) is 35.9 Å². The van der Waals surface area contributed by atoms with Crippen molar-refractivity contribution in [2.24, 2.45) is 0 Å². The first kappa shape index (κ1) is 23.4. The Balaban J connectivity index is 2.26. The molecule has 0 spiro atoms. The second-order valence-electron chi connectivity index (χ2n) is 7.34. The first-order valence-electron chi connectivity index (χ1n) is 9.31. The van der Waals surface area contributed by atoms with Gasteiger partial charge in [-0.2, -0.15) is 0 Å². The SMILES string of the molecule is CCC(C)[SiH](C)O[Si](C)(C)CCCSC(=S)SC(C)c1ccccc1. The third kappa shape index (κ3) is 9.77. The van der Waals surface area contributed by atoms with Crippen LogP contribution in [0.2, 0.25) is 31.2 Å². The van der Waals surface area contributed by atoms with Crippen LogP contribution in [0.25, 0.3) is 0 Å². The van der Waals surface area contributed by atoms with Crippen LogP contribution in [0.15, 0.2) is 30.3 Å². The molecule has 0 saturated carbocycles. The van der Waals surface area contributed by atoms with Gasteiger partial charge in [0.25, 0.3) is 0 Å². The summed E-state index contributed by atoms with van der Waals surface area (Å²) in [5.74, 6) is 1.12. The zero-order valence-corrected chi connectivity index (χ0v) is 21.2. The molecule has 3 atom stereocenters. The molecule has 0 aliphatic carbocycles. The van der Waals surface area contributed by atoms with E-state index in [4.69, 9.17) is 16.3 Å². The van der Waals surface area contributed by atoms with E-state index >= 15 is 0 Å². The van der Waals surface area contributed by atoms with Crippen molar-refractivity contribution in [2.75, 3.05) is 5.75 Å². The van der Waals surface area contributed by atoms with Crippen molar-refractivity contribution in [2.45, 2.75) is 70.1 Å². The Morgan fingerprint density at radius 3 is 2.48 bits per heavy atom. The summed E-state index contributed by atoms with van der Waals surface area (Å²) in [6, 6.07) is 11.9. The molecule has 1 rings (SSSR count). The van der Waals surface area contributed by atoms with Gasteiger partial charge in [-0.05, 0) is 55.9 Å². The Kier molecular flexibility index (Phi) is 11.2. The van der Waals surface area contributed by atoms with E-state index in [0.717, 1.165) is 14.8 Å². The quantitative estimate of drug-likeness (QED) is 0.219. The first-order valence-corrected chi connectivity index (χ1v) is 17.0. The van der Waals surface area contributed by atoms with Gasteiger partial charge in [0.05, 0.1) is 0 Å². The van der Waals surface area contributed by atoms with Gasteiger partial charge in [-0.25, -0.2) is 0 Å². The first-order chi connectivity index (χ1) is 11.7. The van der Waals surface area contributed by atoms with Crippen LogP contribution in [-0.4, -0.2) is 26.6 Å². The number of hydrogen-bond donors (Lipinski definition) is 0. The van der Waals surface area contributed by atoms with Crippen LogP contribution >= 0.6 is 35.7 Å². The molecule has 0 saturated heterocycles. The molecule has 0 N–H and O–H groups in total. The lowest BCUT2D eigenvalue weighted by atomic mass is 10.2. The lowest BCUT2D eigenvalue weighted by Crippen LogP contribution is -2.38. The predicted molar refractivity (Wildman–Crippen MR) is 128 cm³/mol. The summed E-state index contributed by atoms with van der Waals surface area (Å²) < 4.78 is 7.62. The van der Waals surface area contributed by atoms with Gasteiger partial charge in [0.15, 0.2) is 17.4 Å². The van der Waals surface area contributed by atoms with Crippen LogP contribution in [0.4, 0.5) is 0 Å². The smallest absolute Gasteiger partial charge is 0.173 e. The molecule has 1 aromatic rings. The highest BCUT2D eigenvalue weighted by Crippen LogP contribution is 2.33. The molecule has 1 nitrogen and oxygen atoms in total. The second-order valence-corrected chi connectivity index (χ2v) is 18.5. The molecule has 25 heavy (non-hydrogen) atoms. The van der Waals surface area contributed by atoms with Crippen LogP contribution in [0.3, 0.4) is 0 Å². The number of thiocarbonyl (C=S) groups is 1. The molecule has 1 aromatic carbocycles. The van der Waals surface area contributed by atoms with Crippen LogP contribution in [-0.2, 0) is 4.12 Å². The van der Waals surface area contributed by atoms with E-state index in [2.05, 4.69) is 70.7 Å². The van der Waals surface area contributed by atoms with Crippen LogP contribution in [0, 0.1) is 0 Å². The van der Waals surface area contributed by atoms with Crippen molar-refractivity contribution in [3.63, 3.8) is 0 Å². The molecular formula is C19H34OS3Si2. The van der Waals surface area contributed by atoms with E-state index in [-0.39, 0.29) is 0 Å². The largest absolute Gasteiger partial charge is 0.458 e. The Labute approximate surface area is 171 Å². The standard InChI is InChI=1S/C19H34OS3Si2/c1-7-16(2)24(4)20-25(5,6)15-11-14-22-19(21)23-17(3)18-12-9-8-10-13-18/h8-10,12-13,16-17,24H,7,11,14-15H2,1-6H3. The van der Waals surface area contributed by atoms with Crippen LogP contribution in [0.1, 0.15) is 44.4 Å². The summed E-state index contributed by atoms with van der Waals surface area (Å²) in [5.41, 5.74) is 2.13. The summed E-state index contributed by atoms with van der Waals surface area (Å²) in [6.07, 6.45) is 2.46. The maximum absolute atomic E-state index is 6.55. The Morgan fingerprint density at radius 2 is 1.88 bits per heavy atom. The van der Waals surface area contributed by atoms with Crippen molar-refractivity contribution in [1.29, 1.82) is 0 Å². The average Bonchev–Trinajstić information content (AvgIpc) is 2.58. The van der Waals surface area contributed by atoms with Crippen molar-refractivity contribution >= 4 is 56.6 Å². The minimum absolute atomic E-state index is 0.428. The lowest BCUT2D eigenvalue weighted by Gasteiger charge is -2.30. The van der Waals surface area contributed by atoms with Gasteiger partial charge in [0.2, 0.25) is 0 Å². The number of rotatable bonds is 10. The maximum Gasteiger partial charge on any atom is 0.173 e. The van der Waals surface area contributed by atoms with E-state index in [0.29, 0.717) is 5.25 Å². The summed E-state index contributed by atoms with van der Waals surface area (Å²) in [6.45, 7) is 14.0. The van der Waals surface area contributed by atoms with Gasteiger partial charge in [-0.3, -0.25) is 0 Å². The van der Waals surface area contributed by atoms with E-state index in [9.17, 15) is 0 Å². The zero-order chi connectivity index (χ0) is 18.9. The molecule has 0 bridgehead atoms. The Morgan fingerprint density at radius 1 is 1.24 bits per heavy atom. The van der Waals surface area contributed by atoms with E-state index < -0.39 is 17.4 Å². The molecule has 0 radical (unpaired) electrons. The molecule has 0 aliphatic rings. The molecule has 0 aromatic heterocycles. The third-order valence-corrected chi connectivity index (χ3v) is 15.1. The van der Waals surface area contributed by atoms with Gasteiger partial charge in [0, 0.05) is 5.25 Å². The molecule has 142 valence electrons. The van der Waals surface area contributed by atoms with Crippen molar-refractivity contribution < 1.29 is 4.12 Å². The Hall–Kier alpha value is 0.404. The van der Waals surface area contributed by atoms with E-state index in [1.807, 2.05) is 23.5 Å². The summed E-state index contributed by atoms with van der Waals surface area (Å²) >= 11 is 9.22. The van der Waals surface area contributed by atoms with Gasteiger partial charge >= 0.3 is 0 Å². The average molecular weight is 431 g/mol. The molecule has 0 aliphatic heterocycles. The van der Waals surface area contributed by atoms with Gasteiger partial charge in [0.1, 0.15) is 3.53 Å². The lowest BCUT2D eigenvalue weighted by molar-refractivity contribution is 0.539. The number of thioether (sulfide) groups is 2. The molecule has 0 amide bonds. The fourth-order valence-electron chi connectivity index (χ4n) is 2.63. The monoisotopic (exact) mass is 430 g/mol. The fraction of sp³-hybridized carbons (Fsp3) is 0.632. The topological polar surface area (TPSA) is 9.23 Å². The molecular weight excluding hydrogens is 397 g/mol. The molecule has 0 heterocycles. The summed E-state index contributed by atoms with van der Waals surface area (Å²) in [7, 11) is -2.53. The minimum atomic E-state index is -1.50. The van der Waals surface area contributed by atoms with Crippen LogP contribution in [0.5, 0.6) is 0 Å². The van der Waals surface area contributed by atoms with Gasteiger partial charge < -0.3 is 4.12 Å². The van der Waals surface area contributed by atoms with Crippen molar-refractivity contribution in [3.8, 4) is 0 Å².